The molecule has 0 spiro atoms. The molecule has 5 nitrogen and oxygen atoms in total. The van der Waals surface area contributed by atoms with Crippen molar-refractivity contribution >= 4 is 5.71 Å². The number of nitrogens with one attached hydrogen (secondary N) is 2. The van der Waals surface area contributed by atoms with E-state index >= 15 is 0 Å². The fourth-order valence-electron chi connectivity index (χ4n) is 0.864. The van der Waals surface area contributed by atoms with Crippen molar-refractivity contribution < 1.29 is 13.7 Å². The summed E-state index contributed by atoms with van der Waals surface area (Å²) in [5, 5.41) is 20.3. The molecule has 0 aromatic rings. The molecule has 0 rings (SSSR count). The van der Waals surface area contributed by atoms with Gasteiger partial charge in [0.15, 0.2) is 0 Å². The number of hydrogen-bond acceptors (Lipinski definition) is 4. The maximum Gasteiger partial charge on any atom is 0.269 e. The van der Waals surface area contributed by atoms with Crippen molar-refractivity contribution in [3.8, 4) is 0 Å². The second kappa shape index (κ2) is 8.10. The fraction of sp³-hybridized carbons (Fsp3) is 0.364. The van der Waals surface area contributed by atoms with Crippen molar-refractivity contribution in [1.29, 1.82) is 5.41 Å². The van der Waals surface area contributed by atoms with Gasteiger partial charge in [0.2, 0.25) is 0 Å². The Labute approximate surface area is 104 Å². The average molecular weight is 259 g/mol. The lowest BCUT2D eigenvalue weighted by molar-refractivity contribution is -0.419. The first-order chi connectivity index (χ1) is 8.34. The molecule has 2 N–H and O–H groups in total. The number of rotatable bonds is 7. The second-order valence-electron chi connectivity index (χ2n) is 3.46. The smallest absolute Gasteiger partial charge is 0.269 e. The van der Waals surface area contributed by atoms with Gasteiger partial charge in [0.1, 0.15) is 0 Å². The van der Waals surface area contributed by atoms with Crippen molar-refractivity contribution in [2.75, 3.05) is 6.54 Å². The number of allylic oxidation sites excluding steroid dienone is 4. The van der Waals surface area contributed by atoms with Gasteiger partial charge in [-0.2, -0.15) is 0 Å². The molecule has 0 heterocycles. The lowest BCUT2D eigenvalue weighted by Gasteiger charge is -1.97. The van der Waals surface area contributed by atoms with Gasteiger partial charge in [-0.3, -0.25) is 10.1 Å². The predicted octanol–water partition coefficient (Wildman–Crippen LogP) is 2.50. The van der Waals surface area contributed by atoms with Crippen LogP contribution in [0.25, 0.3) is 0 Å². The van der Waals surface area contributed by atoms with Crippen LogP contribution in [0.5, 0.6) is 0 Å². The van der Waals surface area contributed by atoms with Crippen LogP contribution < -0.4 is 5.32 Å². The Kier molecular flexibility index (Phi) is 7.18. The summed E-state index contributed by atoms with van der Waals surface area (Å²) in [7, 11) is 0. The van der Waals surface area contributed by atoms with Crippen LogP contribution in [0, 0.1) is 15.5 Å². The molecule has 0 fully saturated rings. The van der Waals surface area contributed by atoms with Gasteiger partial charge >= 0.3 is 0 Å². The predicted molar refractivity (Wildman–Crippen MR) is 65.4 cm³/mol. The Morgan fingerprint density at radius 2 is 2.11 bits per heavy atom. The van der Waals surface area contributed by atoms with Gasteiger partial charge in [-0.05, 0) is 31.7 Å². The summed E-state index contributed by atoms with van der Waals surface area (Å²) in [6.07, 6.45) is 2.42. The molecule has 0 atom stereocenters. The van der Waals surface area contributed by atoms with E-state index in [4.69, 9.17) is 5.41 Å². The Morgan fingerprint density at radius 3 is 2.56 bits per heavy atom. The molecule has 0 aliphatic carbocycles. The molecule has 0 aromatic carbocycles. The highest BCUT2D eigenvalue weighted by Crippen LogP contribution is 2.04. The molecule has 0 aromatic heterocycles. The number of halogens is 2. The highest BCUT2D eigenvalue weighted by molar-refractivity contribution is 5.95. The average Bonchev–Trinajstić information content (AvgIpc) is 2.25. The third-order valence-corrected chi connectivity index (χ3v) is 1.92. The zero-order valence-electron chi connectivity index (χ0n) is 10.1. The zero-order chi connectivity index (χ0) is 14.1. The quantitative estimate of drug-likeness (QED) is 0.319. The monoisotopic (exact) mass is 259 g/mol. The van der Waals surface area contributed by atoms with Crippen LogP contribution >= 0.6 is 0 Å². The van der Waals surface area contributed by atoms with E-state index in [-0.39, 0.29) is 11.4 Å². The molecule has 0 saturated heterocycles. The molecule has 18 heavy (non-hydrogen) atoms. The first-order valence-electron chi connectivity index (χ1n) is 5.11. The van der Waals surface area contributed by atoms with E-state index in [1.807, 2.05) is 0 Å². The zero-order valence-corrected chi connectivity index (χ0v) is 10.1. The van der Waals surface area contributed by atoms with Crippen LogP contribution in [0.15, 0.2) is 35.7 Å². The van der Waals surface area contributed by atoms with E-state index in [2.05, 4.69) is 5.32 Å². The van der Waals surface area contributed by atoms with E-state index in [1.54, 1.807) is 6.92 Å². The second-order valence-corrected chi connectivity index (χ2v) is 3.46. The minimum absolute atomic E-state index is 0.214. The van der Waals surface area contributed by atoms with E-state index in [0.29, 0.717) is 5.57 Å². The van der Waals surface area contributed by atoms with Crippen molar-refractivity contribution in [2.45, 2.75) is 20.3 Å². The fourth-order valence-corrected chi connectivity index (χ4v) is 0.864. The molecule has 0 aliphatic rings. The maximum absolute atomic E-state index is 11.8. The minimum Gasteiger partial charge on any atom is -0.385 e. The highest BCUT2D eigenvalue weighted by Gasteiger charge is 2.06. The van der Waals surface area contributed by atoms with Crippen molar-refractivity contribution in [3.63, 3.8) is 0 Å². The summed E-state index contributed by atoms with van der Waals surface area (Å²) in [6, 6.07) is 0. The largest absolute Gasteiger partial charge is 0.385 e. The van der Waals surface area contributed by atoms with Crippen LogP contribution in [0.2, 0.25) is 0 Å². The Morgan fingerprint density at radius 1 is 1.50 bits per heavy atom. The lowest BCUT2D eigenvalue weighted by atomic mass is 10.1. The molecule has 0 unspecified atom stereocenters. The maximum atomic E-state index is 11.8. The molecule has 0 saturated carbocycles. The van der Waals surface area contributed by atoms with Crippen LogP contribution in [0.4, 0.5) is 8.78 Å². The Hall–Kier alpha value is -2.05. The first kappa shape index (κ1) is 16.0. The molecular weight excluding hydrogens is 244 g/mol. The van der Waals surface area contributed by atoms with Crippen LogP contribution in [0.3, 0.4) is 0 Å². The summed E-state index contributed by atoms with van der Waals surface area (Å²) in [5.41, 5.74) is 0.476. The molecule has 100 valence electrons. The third-order valence-electron chi connectivity index (χ3n) is 1.92. The van der Waals surface area contributed by atoms with E-state index < -0.39 is 17.9 Å². The Bertz CT molecular complexity index is 401. The summed E-state index contributed by atoms with van der Waals surface area (Å²) in [6.45, 7) is 2.59. The summed E-state index contributed by atoms with van der Waals surface area (Å²) in [5.74, 6) is 0. The van der Waals surface area contributed by atoms with Crippen molar-refractivity contribution in [1.82, 2.24) is 5.32 Å². The van der Waals surface area contributed by atoms with E-state index in [1.165, 1.54) is 31.4 Å². The highest BCUT2D eigenvalue weighted by atomic mass is 19.3. The topological polar surface area (TPSA) is 79.0 Å². The Balaban J connectivity index is 4.67. The number of alkyl halides is 2. The minimum atomic E-state index is -2.48. The molecular formula is C11H15F2N3O2. The van der Waals surface area contributed by atoms with Gasteiger partial charge in [-0.15, -0.1) is 0 Å². The van der Waals surface area contributed by atoms with Gasteiger partial charge in [-0.25, -0.2) is 8.78 Å². The molecule has 0 amide bonds. The van der Waals surface area contributed by atoms with E-state index in [9.17, 15) is 18.9 Å². The van der Waals surface area contributed by atoms with Crippen LogP contribution in [0.1, 0.15) is 13.8 Å². The van der Waals surface area contributed by atoms with Gasteiger partial charge in [0, 0.05) is 17.9 Å². The number of nitro groups is 1. The SMILES string of the molecule is CC(=N)/C(C)=C/C(=C\C=C\NCC(F)F)[N+](=O)[O-]. The van der Waals surface area contributed by atoms with Gasteiger partial charge in [0.25, 0.3) is 12.1 Å². The van der Waals surface area contributed by atoms with Crippen LogP contribution in [-0.4, -0.2) is 23.6 Å². The van der Waals surface area contributed by atoms with E-state index in [0.717, 1.165) is 0 Å². The van der Waals surface area contributed by atoms with Gasteiger partial charge in [-0.1, -0.05) is 0 Å². The first-order valence-corrected chi connectivity index (χ1v) is 5.11. The van der Waals surface area contributed by atoms with Gasteiger partial charge < -0.3 is 10.7 Å². The molecule has 0 bridgehead atoms. The van der Waals surface area contributed by atoms with Crippen LogP contribution in [-0.2, 0) is 0 Å². The molecule has 0 radical (unpaired) electrons. The van der Waals surface area contributed by atoms with Gasteiger partial charge in [0.05, 0.1) is 11.5 Å². The van der Waals surface area contributed by atoms with Crippen molar-refractivity contribution in [2.24, 2.45) is 0 Å². The molecule has 0 aliphatic heterocycles. The summed E-state index contributed by atoms with van der Waals surface area (Å²) < 4.78 is 23.5. The third kappa shape index (κ3) is 7.26. The number of nitrogens with zero attached hydrogens (tertiary/aromatic N) is 1. The summed E-state index contributed by atoms with van der Waals surface area (Å²) >= 11 is 0. The summed E-state index contributed by atoms with van der Waals surface area (Å²) in [4.78, 5) is 10.1. The molecule has 7 heteroatoms. The van der Waals surface area contributed by atoms with Crippen molar-refractivity contribution in [3.05, 3.63) is 45.8 Å². The lowest BCUT2D eigenvalue weighted by Crippen LogP contribution is -2.14. The number of hydrogen-bond donors (Lipinski definition) is 2. The standard InChI is InChI=1S/C11H15F2N3O2/c1-8(9(2)14)6-10(16(17)18)4-3-5-15-7-11(12)13/h3-6,11,14-15H,7H2,1-2H3/b5-3+,8-6+,10-4+,14-9?. The normalized spacial score (nSPS) is 13.2.